The van der Waals surface area contributed by atoms with E-state index in [-0.39, 0.29) is 17.5 Å². The molecule has 3 rings (SSSR count). The van der Waals surface area contributed by atoms with Crippen LogP contribution in [0.4, 0.5) is 5.95 Å². The molecule has 1 unspecified atom stereocenters. The predicted molar refractivity (Wildman–Crippen MR) is 104 cm³/mol. The molecule has 0 aromatic carbocycles. The van der Waals surface area contributed by atoms with Crippen molar-refractivity contribution in [1.29, 1.82) is 5.26 Å². The Balaban J connectivity index is 1.66. The molecule has 1 fully saturated rings. The lowest BCUT2D eigenvalue weighted by molar-refractivity contribution is 0.0784. The first-order chi connectivity index (χ1) is 12.9. The van der Waals surface area contributed by atoms with Gasteiger partial charge in [0.1, 0.15) is 10.9 Å². The number of likely N-dealkylation sites (tertiary alicyclic amines) is 1. The van der Waals surface area contributed by atoms with Crippen LogP contribution in [0.25, 0.3) is 0 Å². The lowest BCUT2D eigenvalue weighted by atomic mass is 10.2. The minimum absolute atomic E-state index is 0.0818. The Morgan fingerprint density at radius 2 is 2.26 bits per heavy atom. The van der Waals surface area contributed by atoms with Crippen LogP contribution in [0.2, 0.25) is 0 Å². The number of nitrogens with zero attached hydrogens (tertiary/aromatic N) is 5. The molecule has 1 aliphatic rings. The summed E-state index contributed by atoms with van der Waals surface area (Å²) in [4.78, 5) is 37.9. The maximum absolute atomic E-state index is 12.7. The van der Waals surface area contributed by atoms with Gasteiger partial charge in [-0.1, -0.05) is 0 Å². The summed E-state index contributed by atoms with van der Waals surface area (Å²) in [5.74, 6) is 0.442. The number of anilines is 1. The first kappa shape index (κ1) is 19.1. The smallest absolute Gasteiger partial charge is 0.265 e. The third-order valence-corrected chi connectivity index (χ3v) is 5.57. The van der Waals surface area contributed by atoms with E-state index >= 15 is 0 Å². The number of nitrogens with one attached hydrogen (secondary N) is 1. The molecule has 0 radical (unpaired) electrons. The van der Waals surface area contributed by atoms with Crippen LogP contribution in [0.3, 0.4) is 0 Å². The van der Waals surface area contributed by atoms with E-state index in [0.29, 0.717) is 41.7 Å². The molecule has 1 atom stereocenters. The number of hydrogen-bond acceptors (Lipinski definition) is 7. The number of thiophene rings is 1. The molecule has 0 spiro atoms. The highest BCUT2D eigenvalue weighted by Crippen LogP contribution is 2.23. The van der Waals surface area contributed by atoms with E-state index in [0.717, 1.165) is 6.42 Å². The van der Waals surface area contributed by atoms with Crippen LogP contribution in [-0.4, -0.2) is 65.9 Å². The molecule has 8 nitrogen and oxygen atoms in total. The Labute approximate surface area is 161 Å². The van der Waals surface area contributed by atoms with Gasteiger partial charge in [0.15, 0.2) is 0 Å². The molecular formula is C18H22N6O2S. The Morgan fingerprint density at radius 3 is 2.96 bits per heavy atom. The summed E-state index contributed by atoms with van der Waals surface area (Å²) in [5, 5.41) is 10.9. The normalized spacial score (nSPS) is 16.6. The molecule has 0 bridgehead atoms. The van der Waals surface area contributed by atoms with Crippen molar-refractivity contribution in [1.82, 2.24) is 19.8 Å². The zero-order valence-electron chi connectivity index (χ0n) is 15.6. The van der Waals surface area contributed by atoms with Gasteiger partial charge < -0.3 is 9.80 Å². The number of hydrogen-bond donors (Lipinski definition) is 1. The summed E-state index contributed by atoms with van der Waals surface area (Å²) in [7, 11) is 5.63. The SMILES string of the molecule is CN(C)c1nc(CN(C)C2CCN(C(=O)c3sccc3C#N)C2)cc(=O)[nH]1. The third-order valence-electron chi connectivity index (χ3n) is 4.67. The van der Waals surface area contributed by atoms with Crippen molar-refractivity contribution in [3.8, 4) is 6.07 Å². The molecule has 1 N–H and O–H groups in total. The van der Waals surface area contributed by atoms with Crippen LogP contribution in [0.5, 0.6) is 0 Å². The van der Waals surface area contributed by atoms with Gasteiger partial charge in [-0.3, -0.25) is 19.5 Å². The van der Waals surface area contributed by atoms with E-state index in [1.165, 1.54) is 17.4 Å². The van der Waals surface area contributed by atoms with Crippen molar-refractivity contribution >= 4 is 23.2 Å². The van der Waals surface area contributed by atoms with Crippen molar-refractivity contribution in [2.75, 3.05) is 39.1 Å². The van der Waals surface area contributed by atoms with E-state index in [1.807, 2.05) is 21.1 Å². The van der Waals surface area contributed by atoms with E-state index in [9.17, 15) is 9.59 Å². The summed E-state index contributed by atoms with van der Waals surface area (Å²) in [6.07, 6.45) is 0.846. The average molecular weight is 386 g/mol. The highest BCUT2D eigenvalue weighted by atomic mass is 32.1. The van der Waals surface area contributed by atoms with Gasteiger partial charge >= 0.3 is 0 Å². The first-order valence-corrected chi connectivity index (χ1v) is 9.51. The Bertz CT molecular complexity index is 928. The van der Waals surface area contributed by atoms with Gasteiger partial charge in [-0.15, -0.1) is 11.3 Å². The van der Waals surface area contributed by atoms with Gasteiger partial charge in [-0.25, -0.2) is 4.98 Å². The largest absolute Gasteiger partial charge is 0.348 e. The fraction of sp³-hybridized carbons (Fsp3) is 0.444. The van der Waals surface area contributed by atoms with Crippen molar-refractivity contribution in [2.24, 2.45) is 0 Å². The molecule has 1 aliphatic heterocycles. The van der Waals surface area contributed by atoms with Gasteiger partial charge in [0, 0.05) is 45.8 Å². The van der Waals surface area contributed by atoms with Gasteiger partial charge in [0.25, 0.3) is 11.5 Å². The number of H-pyrrole nitrogens is 1. The molecule has 3 heterocycles. The molecule has 1 saturated heterocycles. The summed E-state index contributed by atoms with van der Waals surface area (Å²) in [6, 6.07) is 5.44. The number of likely N-dealkylation sites (N-methyl/N-ethyl adjacent to an activating group) is 1. The number of aromatic nitrogens is 2. The molecule has 27 heavy (non-hydrogen) atoms. The fourth-order valence-corrected chi connectivity index (χ4v) is 3.97. The second kappa shape index (κ2) is 7.90. The van der Waals surface area contributed by atoms with Gasteiger partial charge in [-0.05, 0) is 24.9 Å². The number of carbonyl (C=O) groups excluding carboxylic acids is 1. The maximum atomic E-state index is 12.7. The topological polar surface area (TPSA) is 96.3 Å². The molecule has 9 heteroatoms. The minimum atomic E-state index is -0.179. The molecule has 0 aliphatic carbocycles. The average Bonchev–Trinajstić information content (AvgIpc) is 3.30. The van der Waals surface area contributed by atoms with Crippen LogP contribution in [-0.2, 0) is 6.54 Å². The third kappa shape index (κ3) is 4.18. The van der Waals surface area contributed by atoms with E-state index in [1.54, 1.807) is 21.2 Å². The lowest BCUT2D eigenvalue weighted by Gasteiger charge is -2.24. The van der Waals surface area contributed by atoms with Crippen LogP contribution in [0.1, 0.15) is 27.3 Å². The molecular weight excluding hydrogens is 364 g/mol. The Kier molecular flexibility index (Phi) is 5.58. The summed E-state index contributed by atoms with van der Waals surface area (Å²) >= 11 is 1.31. The summed E-state index contributed by atoms with van der Waals surface area (Å²) in [5.41, 5.74) is 0.951. The highest BCUT2D eigenvalue weighted by molar-refractivity contribution is 7.12. The molecule has 0 saturated carbocycles. The van der Waals surface area contributed by atoms with Crippen molar-refractivity contribution in [3.05, 3.63) is 44.0 Å². The van der Waals surface area contributed by atoms with Crippen molar-refractivity contribution in [2.45, 2.75) is 19.0 Å². The van der Waals surface area contributed by atoms with E-state index < -0.39 is 0 Å². The zero-order chi connectivity index (χ0) is 19.6. The van der Waals surface area contributed by atoms with Gasteiger partial charge in [-0.2, -0.15) is 5.26 Å². The van der Waals surface area contributed by atoms with Crippen LogP contribution >= 0.6 is 11.3 Å². The zero-order valence-corrected chi connectivity index (χ0v) is 16.4. The molecule has 2 aromatic heterocycles. The summed E-state index contributed by atoms with van der Waals surface area (Å²) in [6.45, 7) is 1.78. The van der Waals surface area contributed by atoms with E-state index in [2.05, 4.69) is 20.9 Å². The highest BCUT2D eigenvalue weighted by Gasteiger charge is 2.31. The van der Waals surface area contributed by atoms with Crippen LogP contribution in [0.15, 0.2) is 22.3 Å². The number of rotatable bonds is 5. The van der Waals surface area contributed by atoms with Crippen molar-refractivity contribution < 1.29 is 4.79 Å². The van der Waals surface area contributed by atoms with Gasteiger partial charge in [0.05, 0.1) is 11.3 Å². The molecule has 2 aromatic rings. The first-order valence-electron chi connectivity index (χ1n) is 8.63. The van der Waals surface area contributed by atoms with E-state index in [4.69, 9.17) is 5.26 Å². The predicted octanol–water partition coefficient (Wildman–Crippen LogP) is 1.12. The number of carbonyl (C=O) groups is 1. The number of amides is 1. The Morgan fingerprint density at radius 1 is 1.48 bits per heavy atom. The molecule has 1 amide bonds. The summed E-state index contributed by atoms with van der Waals surface area (Å²) < 4.78 is 0. The lowest BCUT2D eigenvalue weighted by Crippen LogP contribution is -2.36. The quantitative estimate of drug-likeness (QED) is 0.827. The standard InChI is InChI=1S/C18H22N6O2S/c1-22(2)18-20-13(8-15(25)21-18)10-23(3)14-4-6-24(11-14)17(26)16-12(9-19)5-7-27-16/h5,7-8,14H,4,6,10-11H2,1-3H3,(H,20,21,25). The second-order valence-corrected chi connectivity index (χ2v) is 7.75. The van der Waals surface area contributed by atoms with Crippen LogP contribution in [0, 0.1) is 11.3 Å². The van der Waals surface area contributed by atoms with Crippen molar-refractivity contribution in [3.63, 3.8) is 0 Å². The molecule has 142 valence electrons. The minimum Gasteiger partial charge on any atom is -0.348 e. The fourth-order valence-electron chi connectivity index (χ4n) is 3.16. The second-order valence-electron chi connectivity index (χ2n) is 6.84. The number of aromatic amines is 1. The Hall–Kier alpha value is -2.70. The van der Waals surface area contributed by atoms with Crippen LogP contribution < -0.4 is 10.5 Å². The monoisotopic (exact) mass is 386 g/mol. The van der Waals surface area contributed by atoms with Gasteiger partial charge in [0.2, 0.25) is 5.95 Å². The number of nitriles is 1. The maximum Gasteiger partial charge on any atom is 0.265 e.